The van der Waals surface area contributed by atoms with Crippen LogP contribution >= 0.6 is 11.3 Å². The number of ether oxygens (including phenoxy) is 1. The molecule has 8 heteroatoms. The van der Waals surface area contributed by atoms with Crippen molar-refractivity contribution in [3.05, 3.63) is 70.0 Å². The van der Waals surface area contributed by atoms with E-state index in [1.807, 2.05) is 68.4 Å². The summed E-state index contributed by atoms with van der Waals surface area (Å²) in [6, 6.07) is 18.1. The maximum Gasteiger partial charge on any atom is 0.350 e. The van der Waals surface area contributed by atoms with Gasteiger partial charge in [0.05, 0.1) is 17.6 Å². The van der Waals surface area contributed by atoms with Crippen molar-refractivity contribution < 1.29 is 9.53 Å². The first kappa shape index (κ1) is 23.2. The molecule has 0 amide bonds. The molecule has 2 aromatic heterocycles. The summed E-state index contributed by atoms with van der Waals surface area (Å²) in [6.45, 7) is 4.16. The number of nitrogens with one attached hydrogen (secondary N) is 1. The Morgan fingerprint density at radius 3 is 2.46 bits per heavy atom. The fraction of sp³-hybridized carbons (Fsp3) is 0.333. The summed E-state index contributed by atoms with van der Waals surface area (Å²) in [5.41, 5.74) is 7.42. The molecule has 2 aromatic carbocycles. The average Bonchev–Trinajstić information content (AvgIpc) is 3.24. The van der Waals surface area contributed by atoms with Crippen LogP contribution in [0.2, 0.25) is 0 Å². The van der Waals surface area contributed by atoms with Crippen molar-refractivity contribution in [3.8, 4) is 11.3 Å². The number of esters is 1. The second-order valence-corrected chi connectivity index (χ2v) is 9.66. The first-order valence-electron chi connectivity index (χ1n) is 12.2. The Kier molecular flexibility index (Phi) is 6.90. The number of nitrogens with zero attached hydrogens (tertiary/aromatic N) is 4. The first-order chi connectivity index (χ1) is 17.2. The van der Waals surface area contributed by atoms with Crippen LogP contribution in [0.5, 0.6) is 0 Å². The van der Waals surface area contributed by atoms with E-state index >= 15 is 0 Å². The number of rotatable bonds is 6. The molecular weight excluding hydrogens is 458 g/mol. The van der Waals surface area contributed by atoms with Crippen molar-refractivity contribution in [2.45, 2.75) is 52.0 Å². The van der Waals surface area contributed by atoms with E-state index in [4.69, 9.17) is 19.8 Å². The standard InChI is InChI=1S/C27H29N5O2S/c1-3-34-26(33)24-18(2)32(20-14-8-5-9-15-20)27(35-24)31-30-25-23(19-12-6-4-7-13-19)28-21-16-10-11-17-22(21)29-25/h4,6-7,10-13,16-17,20H,3,5,8-9,14-15H2,1-2H3,(H,29,30)/b31-27+. The number of hydrogen-bond donors (Lipinski definition) is 1. The second-order valence-electron chi connectivity index (χ2n) is 8.68. The van der Waals surface area contributed by atoms with Crippen LogP contribution < -0.4 is 10.2 Å². The molecule has 7 nitrogen and oxygen atoms in total. The van der Waals surface area contributed by atoms with Crippen LogP contribution in [0.25, 0.3) is 22.3 Å². The third-order valence-corrected chi connectivity index (χ3v) is 7.50. The van der Waals surface area contributed by atoms with Gasteiger partial charge in [0.2, 0.25) is 4.80 Å². The van der Waals surface area contributed by atoms with Crippen LogP contribution in [0.1, 0.15) is 60.4 Å². The number of hydrogen-bond acceptors (Lipinski definition) is 7. The lowest BCUT2D eigenvalue weighted by atomic mass is 9.95. The third kappa shape index (κ3) is 4.84. The monoisotopic (exact) mass is 487 g/mol. The van der Waals surface area contributed by atoms with Crippen molar-refractivity contribution >= 4 is 34.2 Å². The molecular formula is C27H29N5O2S. The maximum atomic E-state index is 12.7. The fourth-order valence-corrected chi connectivity index (χ4v) is 5.72. The van der Waals surface area contributed by atoms with Crippen molar-refractivity contribution in [2.75, 3.05) is 12.0 Å². The summed E-state index contributed by atoms with van der Waals surface area (Å²) < 4.78 is 7.53. The van der Waals surface area contributed by atoms with E-state index in [9.17, 15) is 4.79 Å². The van der Waals surface area contributed by atoms with Gasteiger partial charge in [0.1, 0.15) is 10.6 Å². The van der Waals surface area contributed by atoms with Gasteiger partial charge >= 0.3 is 5.97 Å². The van der Waals surface area contributed by atoms with E-state index in [2.05, 4.69) is 9.99 Å². The van der Waals surface area contributed by atoms with Crippen molar-refractivity contribution in [2.24, 2.45) is 5.10 Å². The van der Waals surface area contributed by atoms with Gasteiger partial charge in [0, 0.05) is 17.3 Å². The highest BCUT2D eigenvalue weighted by Crippen LogP contribution is 2.31. The molecule has 5 rings (SSSR count). The Morgan fingerprint density at radius 2 is 1.74 bits per heavy atom. The molecule has 0 radical (unpaired) electrons. The second kappa shape index (κ2) is 10.4. The van der Waals surface area contributed by atoms with Gasteiger partial charge in [-0.05, 0) is 38.8 Å². The smallest absolute Gasteiger partial charge is 0.350 e. The highest BCUT2D eigenvalue weighted by atomic mass is 32.1. The maximum absolute atomic E-state index is 12.7. The summed E-state index contributed by atoms with van der Waals surface area (Å²) in [7, 11) is 0. The predicted molar refractivity (Wildman–Crippen MR) is 139 cm³/mol. The topological polar surface area (TPSA) is 81.4 Å². The van der Waals surface area contributed by atoms with E-state index in [1.165, 1.54) is 30.6 Å². The summed E-state index contributed by atoms with van der Waals surface area (Å²) in [5.74, 6) is 0.283. The molecule has 180 valence electrons. The van der Waals surface area contributed by atoms with E-state index in [-0.39, 0.29) is 5.97 Å². The van der Waals surface area contributed by atoms with Gasteiger partial charge in [-0.2, -0.15) is 0 Å². The Labute approximate surface area is 208 Å². The zero-order valence-electron chi connectivity index (χ0n) is 20.0. The number of thiazole rings is 1. The van der Waals surface area contributed by atoms with Gasteiger partial charge in [0.15, 0.2) is 5.82 Å². The highest BCUT2D eigenvalue weighted by molar-refractivity contribution is 7.11. The van der Waals surface area contributed by atoms with Crippen LogP contribution in [0.4, 0.5) is 5.82 Å². The summed E-state index contributed by atoms with van der Waals surface area (Å²) in [6.07, 6.45) is 5.78. The minimum absolute atomic E-state index is 0.295. The molecule has 1 aliphatic rings. The van der Waals surface area contributed by atoms with Crippen molar-refractivity contribution in [1.29, 1.82) is 0 Å². The average molecular weight is 488 g/mol. The number of para-hydroxylation sites is 2. The minimum atomic E-state index is -0.295. The normalized spacial score (nSPS) is 14.9. The number of aromatic nitrogens is 3. The Bertz CT molecular complexity index is 1400. The minimum Gasteiger partial charge on any atom is -0.462 e. The lowest BCUT2D eigenvalue weighted by Crippen LogP contribution is -2.25. The molecule has 0 bridgehead atoms. The fourth-order valence-electron chi connectivity index (χ4n) is 4.68. The summed E-state index contributed by atoms with van der Waals surface area (Å²) in [5, 5.41) is 4.79. The van der Waals surface area contributed by atoms with Crippen LogP contribution in [0.15, 0.2) is 59.7 Å². The quantitative estimate of drug-likeness (QED) is 0.263. The Hall–Kier alpha value is -3.52. The first-order valence-corrected chi connectivity index (χ1v) is 13.0. The van der Waals surface area contributed by atoms with E-state index < -0.39 is 0 Å². The van der Waals surface area contributed by atoms with Crippen LogP contribution in [-0.4, -0.2) is 27.1 Å². The SMILES string of the molecule is CCOC(=O)c1s/c(=N/Nc2nc3ccccc3nc2-c2ccccc2)n(C2CCCCC2)c1C. The molecule has 0 saturated heterocycles. The largest absolute Gasteiger partial charge is 0.462 e. The van der Waals surface area contributed by atoms with Gasteiger partial charge in [-0.15, -0.1) is 5.10 Å². The summed E-state index contributed by atoms with van der Waals surface area (Å²) >= 11 is 1.36. The van der Waals surface area contributed by atoms with Crippen LogP contribution in [0.3, 0.4) is 0 Å². The third-order valence-electron chi connectivity index (χ3n) is 6.37. The van der Waals surface area contributed by atoms with Gasteiger partial charge in [0.25, 0.3) is 0 Å². The number of anilines is 1. The molecule has 0 aliphatic heterocycles. The Morgan fingerprint density at radius 1 is 1.06 bits per heavy atom. The van der Waals surface area contributed by atoms with Gasteiger partial charge in [-0.1, -0.05) is 73.1 Å². The molecule has 0 unspecified atom stereocenters. The summed E-state index contributed by atoms with van der Waals surface area (Å²) in [4.78, 5) is 23.7. The van der Waals surface area contributed by atoms with Gasteiger partial charge in [-0.3, -0.25) is 5.43 Å². The van der Waals surface area contributed by atoms with Gasteiger partial charge in [-0.25, -0.2) is 14.8 Å². The van der Waals surface area contributed by atoms with E-state index in [0.29, 0.717) is 23.3 Å². The van der Waals surface area contributed by atoms with E-state index in [0.717, 1.165) is 45.6 Å². The van der Waals surface area contributed by atoms with Crippen LogP contribution in [0, 0.1) is 6.92 Å². The number of carbonyl (C=O) groups is 1. The van der Waals surface area contributed by atoms with E-state index in [1.54, 1.807) is 0 Å². The molecule has 1 fully saturated rings. The predicted octanol–water partition coefficient (Wildman–Crippen LogP) is 6.08. The molecule has 2 heterocycles. The number of fused-ring (bicyclic) bond motifs is 1. The Balaban J connectivity index is 1.61. The van der Waals surface area contributed by atoms with Crippen molar-refractivity contribution in [3.63, 3.8) is 0 Å². The lowest BCUT2D eigenvalue weighted by molar-refractivity contribution is 0.0530. The van der Waals surface area contributed by atoms with Crippen molar-refractivity contribution in [1.82, 2.24) is 14.5 Å². The molecule has 1 saturated carbocycles. The number of carbonyl (C=O) groups excluding carboxylic acids is 1. The molecule has 1 aliphatic carbocycles. The lowest BCUT2D eigenvalue weighted by Gasteiger charge is -2.24. The molecule has 0 spiro atoms. The molecule has 0 atom stereocenters. The zero-order valence-corrected chi connectivity index (χ0v) is 20.8. The molecule has 4 aromatic rings. The van der Waals surface area contributed by atoms with Gasteiger partial charge < -0.3 is 9.30 Å². The number of benzene rings is 2. The van der Waals surface area contributed by atoms with Crippen LogP contribution in [-0.2, 0) is 4.74 Å². The highest BCUT2D eigenvalue weighted by Gasteiger charge is 2.24. The molecule has 35 heavy (non-hydrogen) atoms. The molecule has 1 N–H and O–H groups in total. The zero-order chi connectivity index (χ0) is 24.2.